The van der Waals surface area contributed by atoms with Crippen molar-refractivity contribution in [3.05, 3.63) is 48.0 Å². The van der Waals surface area contributed by atoms with Crippen LogP contribution in [0, 0.1) is 0 Å². The molecule has 27 heavy (non-hydrogen) atoms. The molecule has 0 bridgehead atoms. The summed E-state index contributed by atoms with van der Waals surface area (Å²) in [6.07, 6.45) is 0.959. The van der Waals surface area contributed by atoms with Gasteiger partial charge in [0.25, 0.3) is 0 Å². The maximum Gasteiger partial charge on any atom is 0.243 e. The average molecular weight is 391 g/mol. The number of methoxy groups -OCH3 is 2. The zero-order chi connectivity index (χ0) is 19.4. The highest BCUT2D eigenvalue weighted by Crippen LogP contribution is 2.31. The minimum Gasteiger partial charge on any atom is -0.493 e. The van der Waals surface area contributed by atoms with Gasteiger partial charge in [-0.2, -0.15) is 4.31 Å². The SMILES string of the molecule is CCc1ccccc1N1CCN(S(=O)(=O)c2ccc(OC)c(OC)c2)CC1. The molecule has 0 spiro atoms. The number of para-hydroxylation sites is 1. The first-order chi connectivity index (χ1) is 13.0. The first-order valence-corrected chi connectivity index (χ1v) is 10.5. The Kier molecular flexibility index (Phi) is 5.92. The van der Waals surface area contributed by atoms with Gasteiger partial charge < -0.3 is 14.4 Å². The van der Waals surface area contributed by atoms with Gasteiger partial charge >= 0.3 is 0 Å². The number of sulfonamides is 1. The van der Waals surface area contributed by atoms with Crippen molar-refractivity contribution in [2.75, 3.05) is 45.3 Å². The van der Waals surface area contributed by atoms with Crippen LogP contribution >= 0.6 is 0 Å². The molecule has 0 N–H and O–H groups in total. The number of hydrogen-bond acceptors (Lipinski definition) is 5. The Balaban J connectivity index is 1.77. The van der Waals surface area contributed by atoms with Crippen molar-refractivity contribution >= 4 is 15.7 Å². The summed E-state index contributed by atoms with van der Waals surface area (Å²) in [7, 11) is -0.544. The molecule has 0 amide bonds. The smallest absolute Gasteiger partial charge is 0.243 e. The summed E-state index contributed by atoms with van der Waals surface area (Å²) in [6.45, 7) is 4.38. The van der Waals surface area contributed by atoms with Gasteiger partial charge in [-0.25, -0.2) is 8.42 Å². The van der Waals surface area contributed by atoms with Gasteiger partial charge in [-0.3, -0.25) is 0 Å². The van der Waals surface area contributed by atoms with Gasteiger partial charge in [0.15, 0.2) is 11.5 Å². The van der Waals surface area contributed by atoms with E-state index in [4.69, 9.17) is 9.47 Å². The van der Waals surface area contributed by atoms with Crippen LogP contribution in [-0.2, 0) is 16.4 Å². The standard InChI is InChI=1S/C20H26N2O4S/c1-4-16-7-5-6-8-18(16)21-11-13-22(14-12-21)27(23,24)17-9-10-19(25-2)20(15-17)26-3/h5-10,15H,4,11-14H2,1-3H3. The van der Waals surface area contributed by atoms with Crippen LogP contribution in [0.4, 0.5) is 5.69 Å². The van der Waals surface area contributed by atoms with Crippen LogP contribution in [0.25, 0.3) is 0 Å². The average Bonchev–Trinajstić information content (AvgIpc) is 2.73. The second kappa shape index (κ2) is 8.19. The first kappa shape index (κ1) is 19.5. The number of anilines is 1. The van der Waals surface area contributed by atoms with Gasteiger partial charge in [0.05, 0.1) is 19.1 Å². The summed E-state index contributed by atoms with van der Waals surface area (Å²) in [5, 5.41) is 0. The molecule has 0 aliphatic carbocycles. The van der Waals surface area contributed by atoms with Gasteiger partial charge in [-0.1, -0.05) is 25.1 Å². The van der Waals surface area contributed by atoms with Crippen molar-refractivity contribution in [1.29, 1.82) is 0 Å². The molecule has 146 valence electrons. The molecular weight excluding hydrogens is 364 g/mol. The third-order valence-corrected chi connectivity index (χ3v) is 6.84. The van der Waals surface area contributed by atoms with Crippen molar-refractivity contribution in [3.8, 4) is 11.5 Å². The molecular formula is C20H26N2O4S. The molecule has 6 nitrogen and oxygen atoms in total. The fourth-order valence-electron chi connectivity index (χ4n) is 3.41. The molecule has 1 aliphatic heterocycles. The predicted molar refractivity (Wildman–Crippen MR) is 106 cm³/mol. The van der Waals surface area contributed by atoms with E-state index in [2.05, 4.69) is 24.0 Å². The topological polar surface area (TPSA) is 59.1 Å². The molecule has 1 fully saturated rings. The van der Waals surface area contributed by atoms with Crippen LogP contribution in [0.5, 0.6) is 11.5 Å². The van der Waals surface area contributed by atoms with Crippen LogP contribution in [0.1, 0.15) is 12.5 Å². The summed E-state index contributed by atoms with van der Waals surface area (Å²) >= 11 is 0. The molecule has 1 saturated heterocycles. The molecule has 0 unspecified atom stereocenters. The molecule has 1 heterocycles. The van der Waals surface area contributed by atoms with Gasteiger partial charge in [0.1, 0.15) is 0 Å². The number of nitrogens with zero attached hydrogens (tertiary/aromatic N) is 2. The summed E-state index contributed by atoms with van der Waals surface area (Å²) in [5.74, 6) is 0.923. The van der Waals surface area contributed by atoms with E-state index in [9.17, 15) is 8.42 Å². The monoisotopic (exact) mass is 390 g/mol. The highest BCUT2D eigenvalue weighted by Gasteiger charge is 2.29. The Hall–Kier alpha value is -2.25. The summed E-state index contributed by atoms with van der Waals surface area (Å²) < 4.78 is 38.0. The minimum atomic E-state index is -3.57. The minimum absolute atomic E-state index is 0.225. The molecule has 0 atom stereocenters. The summed E-state index contributed by atoms with van der Waals surface area (Å²) in [5.41, 5.74) is 2.48. The maximum atomic E-state index is 13.0. The van der Waals surface area contributed by atoms with Crippen LogP contribution < -0.4 is 14.4 Å². The molecule has 2 aromatic rings. The van der Waals surface area contributed by atoms with Crippen LogP contribution in [-0.4, -0.2) is 53.1 Å². The number of piperazine rings is 1. The largest absolute Gasteiger partial charge is 0.493 e. The van der Waals surface area contributed by atoms with Gasteiger partial charge in [-0.15, -0.1) is 0 Å². The Labute approximate surface area is 161 Å². The van der Waals surface area contributed by atoms with Crippen LogP contribution in [0.15, 0.2) is 47.4 Å². The molecule has 2 aromatic carbocycles. The lowest BCUT2D eigenvalue weighted by molar-refractivity contribution is 0.353. The number of benzene rings is 2. The Morgan fingerprint density at radius 1 is 0.926 bits per heavy atom. The third-order valence-electron chi connectivity index (χ3n) is 4.94. The number of rotatable bonds is 6. The molecule has 0 radical (unpaired) electrons. The van der Waals surface area contributed by atoms with E-state index in [1.165, 1.54) is 31.5 Å². The van der Waals surface area contributed by atoms with E-state index >= 15 is 0 Å². The zero-order valence-electron chi connectivity index (χ0n) is 16.0. The van der Waals surface area contributed by atoms with E-state index in [0.29, 0.717) is 37.7 Å². The second-order valence-corrected chi connectivity index (χ2v) is 8.33. The molecule has 3 rings (SSSR count). The van der Waals surface area contributed by atoms with E-state index in [1.54, 1.807) is 16.4 Å². The highest BCUT2D eigenvalue weighted by molar-refractivity contribution is 7.89. The highest BCUT2D eigenvalue weighted by atomic mass is 32.2. The maximum absolute atomic E-state index is 13.0. The van der Waals surface area contributed by atoms with E-state index in [0.717, 1.165) is 6.42 Å². The van der Waals surface area contributed by atoms with Crippen LogP contribution in [0.2, 0.25) is 0 Å². The Morgan fingerprint density at radius 2 is 1.59 bits per heavy atom. The lowest BCUT2D eigenvalue weighted by Crippen LogP contribution is -2.48. The quantitative estimate of drug-likeness (QED) is 0.759. The fraction of sp³-hybridized carbons (Fsp3) is 0.400. The lowest BCUT2D eigenvalue weighted by atomic mass is 10.1. The first-order valence-electron chi connectivity index (χ1n) is 9.06. The Bertz CT molecular complexity index is 891. The fourth-order valence-corrected chi connectivity index (χ4v) is 4.85. The molecule has 1 aliphatic rings. The number of hydrogen-bond donors (Lipinski definition) is 0. The lowest BCUT2D eigenvalue weighted by Gasteiger charge is -2.36. The third kappa shape index (κ3) is 3.89. The van der Waals surface area contributed by atoms with E-state index < -0.39 is 10.0 Å². The van der Waals surface area contributed by atoms with E-state index in [1.807, 2.05) is 12.1 Å². The van der Waals surface area contributed by atoms with Crippen molar-refractivity contribution in [1.82, 2.24) is 4.31 Å². The summed E-state index contributed by atoms with van der Waals surface area (Å²) in [4.78, 5) is 2.49. The number of ether oxygens (including phenoxy) is 2. The second-order valence-electron chi connectivity index (χ2n) is 6.39. The molecule has 0 saturated carbocycles. The van der Waals surface area contributed by atoms with Crippen LogP contribution in [0.3, 0.4) is 0 Å². The Morgan fingerprint density at radius 3 is 2.22 bits per heavy atom. The van der Waals surface area contributed by atoms with Gasteiger partial charge in [-0.05, 0) is 30.2 Å². The normalized spacial score (nSPS) is 15.6. The molecule has 7 heteroatoms. The zero-order valence-corrected chi connectivity index (χ0v) is 16.8. The van der Waals surface area contributed by atoms with Gasteiger partial charge in [0, 0.05) is 37.9 Å². The van der Waals surface area contributed by atoms with Crippen molar-refractivity contribution in [3.63, 3.8) is 0 Å². The summed E-state index contributed by atoms with van der Waals surface area (Å²) in [6, 6.07) is 13.0. The number of aryl methyl sites for hydroxylation is 1. The van der Waals surface area contributed by atoms with Crippen molar-refractivity contribution in [2.24, 2.45) is 0 Å². The van der Waals surface area contributed by atoms with Crippen molar-refractivity contribution in [2.45, 2.75) is 18.2 Å². The van der Waals surface area contributed by atoms with Crippen molar-refractivity contribution < 1.29 is 17.9 Å². The van der Waals surface area contributed by atoms with Gasteiger partial charge in [0.2, 0.25) is 10.0 Å². The van der Waals surface area contributed by atoms with E-state index in [-0.39, 0.29) is 4.90 Å². The predicted octanol–water partition coefficient (Wildman–Crippen LogP) is 2.78. The molecule has 0 aromatic heterocycles.